The maximum absolute atomic E-state index is 13.2. The standard InChI is InChI=1S/C31H32N8O2/c1-21-16-25(10-9-24(21)20-39-14-12-37(2)13-15-39)34-30(40)22-6-4-8-26(17-22)41-31-27-19-33-38(3)29(27)35-28(36-31)23-7-5-11-32-18-23/h4-11,16-19H,12-15,20H2,1-3H3,(H,34,40). The second-order valence-corrected chi connectivity index (χ2v) is 10.4. The molecule has 1 saturated heterocycles. The zero-order valence-electron chi connectivity index (χ0n) is 23.4. The summed E-state index contributed by atoms with van der Waals surface area (Å²) in [4.78, 5) is 31.5. The van der Waals surface area contributed by atoms with E-state index in [1.54, 1.807) is 47.5 Å². The smallest absolute Gasteiger partial charge is 0.255 e. The third kappa shape index (κ3) is 5.93. The summed E-state index contributed by atoms with van der Waals surface area (Å²) in [6.45, 7) is 7.33. The van der Waals surface area contributed by atoms with Crippen molar-refractivity contribution in [1.82, 2.24) is 34.5 Å². The van der Waals surface area contributed by atoms with Gasteiger partial charge < -0.3 is 15.0 Å². The molecule has 0 radical (unpaired) electrons. The number of piperazine rings is 1. The van der Waals surface area contributed by atoms with E-state index in [1.807, 2.05) is 31.3 Å². The van der Waals surface area contributed by atoms with E-state index in [0.717, 1.165) is 49.5 Å². The molecule has 0 saturated carbocycles. The molecule has 1 fully saturated rings. The number of ether oxygens (including phenoxy) is 1. The zero-order chi connectivity index (χ0) is 28.3. The lowest BCUT2D eigenvalue weighted by molar-refractivity contribution is 0.102. The minimum absolute atomic E-state index is 0.216. The molecule has 1 amide bonds. The number of carbonyl (C=O) groups is 1. The van der Waals surface area contributed by atoms with Gasteiger partial charge in [-0.25, -0.2) is 4.98 Å². The van der Waals surface area contributed by atoms with Crippen LogP contribution in [0.1, 0.15) is 21.5 Å². The first-order valence-corrected chi connectivity index (χ1v) is 13.6. The summed E-state index contributed by atoms with van der Waals surface area (Å²) >= 11 is 0. The SMILES string of the molecule is Cc1cc(NC(=O)c2cccc(Oc3nc(-c4cccnc4)nc4c3cnn4C)c2)ccc1CN1CCN(C)CC1. The van der Waals surface area contributed by atoms with Gasteiger partial charge in [0.05, 0.1) is 6.20 Å². The molecule has 208 valence electrons. The van der Waals surface area contributed by atoms with E-state index in [4.69, 9.17) is 4.74 Å². The Balaban J connectivity index is 1.18. The highest BCUT2D eigenvalue weighted by atomic mass is 16.5. The summed E-state index contributed by atoms with van der Waals surface area (Å²) < 4.78 is 7.88. The third-order valence-electron chi connectivity index (χ3n) is 7.38. The molecule has 0 aliphatic carbocycles. The van der Waals surface area contributed by atoms with Gasteiger partial charge in [-0.15, -0.1) is 0 Å². The Morgan fingerprint density at radius 1 is 0.976 bits per heavy atom. The van der Waals surface area contributed by atoms with E-state index < -0.39 is 0 Å². The number of pyridine rings is 1. The highest BCUT2D eigenvalue weighted by Crippen LogP contribution is 2.30. The van der Waals surface area contributed by atoms with Crippen LogP contribution < -0.4 is 10.1 Å². The molecule has 10 heteroatoms. The number of carbonyl (C=O) groups excluding carboxylic acids is 1. The number of rotatable bonds is 7. The molecule has 1 aliphatic heterocycles. The Bertz CT molecular complexity index is 1690. The van der Waals surface area contributed by atoms with Crippen LogP contribution in [0.15, 0.2) is 73.2 Å². The topological polar surface area (TPSA) is 101 Å². The largest absolute Gasteiger partial charge is 0.438 e. The molecule has 2 aromatic carbocycles. The number of amides is 1. The van der Waals surface area contributed by atoms with E-state index >= 15 is 0 Å². The van der Waals surface area contributed by atoms with Crippen molar-refractivity contribution in [2.45, 2.75) is 13.5 Å². The molecule has 0 unspecified atom stereocenters. The molecule has 4 heterocycles. The van der Waals surface area contributed by atoms with E-state index in [-0.39, 0.29) is 5.91 Å². The quantitative estimate of drug-likeness (QED) is 0.317. The molecule has 10 nitrogen and oxygen atoms in total. The summed E-state index contributed by atoms with van der Waals surface area (Å²) in [6, 6.07) is 16.9. The first-order valence-electron chi connectivity index (χ1n) is 13.6. The van der Waals surface area contributed by atoms with Crippen LogP contribution in [0.3, 0.4) is 0 Å². The van der Waals surface area contributed by atoms with Gasteiger partial charge in [0.15, 0.2) is 11.5 Å². The lowest BCUT2D eigenvalue weighted by Gasteiger charge is -2.32. The second kappa shape index (κ2) is 11.4. The van der Waals surface area contributed by atoms with Crippen molar-refractivity contribution in [3.63, 3.8) is 0 Å². The lowest BCUT2D eigenvalue weighted by atomic mass is 10.1. The van der Waals surface area contributed by atoms with Crippen LogP contribution in [-0.2, 0) is 13.6 Å². The predicted octanol–water partition coefficient (Wildman–Crippen LogP) is 4.53. The lowest BCUT2D eigenvalue weighted by Crippen LogP contribution is -2.43. The van der Waals surface area contributed by atoms with Crippen LogP contribution in [0.5, 0.6) is 11.6 Å². The number of aromatic nitrogens is 5. The van der Waals surface area contributed by atoms with Crippen LogP contribution in [0, 0.1) is 6.92 Å². The fraction of sp³-hybridized carbons (Fsp3) is 0.258. The normalized spacial score (nSPS) is 14.3. The van der Waals surface area contributed by atoms with E-state index in [1.165, 1.54) is 5.56 Å². The fourth-order valence-electron chi connectivity index (χ4n) is 4.91. The first-order chi connectivity index (χ1) is 19.9. The highest BCUT2D eigenvalue weighted by molar-refractivity contribution is 6.04. The molecule has 6 rings (SSSR count). The van der Waals surface area contributed by atoms with Gasteiger partial charge in [0.25, 0.3) is 5.91 Å². The Kier molecular flexibility index (Phi) is 7.41. The number of anilines is 1. The summed E-state index contributed by atoms with van der Waals surface area (Å²) in [7, 11) is 3.98. The van der Waals surface area contributed by atoms with E-state index in [2.05, 4.69) is 55.2 Å². The summed E-state index contributed by atoms with van der Waals surface area (Å²) in [5, 5.41) is 8.02. The van der Waals surface area contributed by atoms with E-state index in [0.29, 0.717) is 34.1 Å². The molecule has 0 spiro atoms. The van der Waals surface area contributed by atoms with Gasteiger partial charge in [0.2, 0.25) is 5.88 Å². The Morgan fingerprint density at radius 2 is 1.83 bits per heavy atom. The molecular weight excluding hydrogens is 516 g/mol. The van der Waals surface area contributed by atoms with Crippen LogP contribution in [-0.4, -0.2) is 73.7 Å². The van der Waals surface area contributed by atoms with Crippen molar-refractivity contribution < 1.29 is 9.53 Å². The number of aryl methyl sites for hydroxylation is 2. The van der Waals surface area contributed by atoms with Gasteiger partial charge in [-0.1, -0.05) is 12.1 Å². The number of likely N-dealkylation sites (N-methyl/N-ethyl adjacent to an activating group) is 1. The average Bonchev–Trinajstić information content (AvgIpc) is 3.37. The van der Waals surface area contributed by atoms with Gasteiger partial charge in [-0.2, -0.15) is 10.1 Å². The molecule has 1 N–H and O–H groups in total. The van der Waals surface area contributed by atoms with Gasteiger partial charge in [0, 0.05) is 69.0 Å². The monoisotopic (exact) mass is 548 g/mol. The number of nitrogens with zero attached hydrogens (tertiary/aromatic N) is 7. The molecule has 41 heavy (non-hydrogen) atoms. The molecule has 1 aliphatic rings. The second-order valence-electron chi connectivity index (χ2n) is 10.4. The minimum Gasteiger partial charge on any atom is -0.438 e. The molecule has 3 aromatic heterocycles. The fourth-order valence-corrected chi connectivity index (χ4v) is 4.91. The van der Waals surface area contributed by atoms with Gasteiger partial charge in [-0.3, -0.25) is 19.4 Å². The third-order valence-corrected chi connectivity index (χ3v) is 7.38. The van der Waals surface area contributed by atoms with Gasteiger partial charge in [0.1, 0.15) is 11.1 Å². The van der Waals surface area contributed by atoms with Crippen molar-refractivity contribution in [2.75, 3.05) is 38.5 Å². The highest BCUT2D eigenvalue weighted by Gasteiger charge is 2.17. The summed E-state index contributed by atoms with van der Waals surface area (Å²) in [5.41, 5.74) is 5.07. The van der Waals surface area contributed by atoms with Gasteiger partial charge in [-0.05, 0) is 67.6 Å². The van der Waals surface area contributed by atoms with E-state index in [9.17, 15) is 4.79 Å². The maximum atomic E-state index is 13.2. The molecule has 5 aromatic rings. The number of hydrogen-bond acceptors (Lipinski definition) is 8. The molecular formula is C31H32N8O2. The molecule has 0 atom stereocenters. The Hall–Kier alpha value is -4.67. The number of nitrogens with one attached hydrogen (secondary N) is 1. The van der Waals surface area contributed by atoms with Crippen LogP contribution in [0.2, 0.25) is 0 Å². The zero-order valence-corrected chi connectivity index (χ0v) is 23.4. The number of hydrogen-bond donors (Lipinski definition) is 1. The van der Waals surface area contributed by atoms with Crippen LogP contribution >= 0.6 is 0 Å². The van der Waals surface area contributed by atoms with Crippen LogP contribution in [0.25, 0.3) is 22.4 Å². The maximum Gasteiger partial charge on any atom is 0.255 e. The summed E-state index contributed by atoms with van der Waals surface area (Å²) in [5.74, 6) is 1.10. The summed E-state index contributed by atoms with van der Waals surface area (Å²) in [6.07, 6.45) is 5.07. The van der Waals surface area contributed by atoms with Gasteiger partial charge >= 0.3 is 0 Å². The van der Waals surface area contributed by atoms with Crippen molar-refractivity contribution in [3.8, 4) is 23.0 Å². The van der Waals surface area contributed by atoms with Crippen LogP contribution in [0.4, 0.5) is 5.69 Å². The Morgan fingerprint density at radius 3 is 2.61 bits per heavy atom. The number of benzene rings is 2. The van der Waals surface area contributed by atoms with Crippen molar-refractivity contribution in [3.05, 3.63) is 89.9 Å². The average molecular weight is 549 g/mol. The van der Waals surface area contributed by atoms with Crippen molar-refractivity contribution in [1.29, 1.82) is 0 Å². The van der Waals surface area contributed by atoms with Crippen molar-refractivity contribution in [2.24, 2.45) is 7.05 Å². The molecule has 0 bridgehead atoms. The first kappa shape index (κ1) is 26.5. The predicted molar refractivity (Wildman–Crippen MR) is 158 cm³/mol. The number of fused-ring (bicyclic) bond motifs is 1. The minimum atomic E-state index is -0.216. The Labute approximate surface area is 238 Å². The van der Waals surface area contributed by atoms with Crippen molar-refractivity contribution >= 4 is 22.6 Å².